The summed E-state index contributed by atoms with van der Waals surface area (Å²) in [6.07, 6.45) is 4.22. The van der Waals surface area contributed by atoms with Crippen molar-refractivity contribution in [2.45, 2.75) is 39.4 Å². The minimum Gasteiger partial charge on any atom is -0.336 e. The zero-order valence-electron chi connectivity index (χ0n) is 15.4. The highest BCUT2D eigenvalue weighted by Crippen LogP contribution is 2.27. The van der Waals surface area contributed by atoms with Gasteiger partial charge in [0.25, 0.3) is 0 Å². The summed E-state index contributed by atoms with van der Waals surface area (Å²) in [4.78, 5) is 31.5. The van der Waals surface area contributed by atoms with Crippen LogP contribution in [0.2, 0.25) is 0 Å². The Hall–Kier alpha value is -2.83. The Balaban J connectivity index is 1.85. The molecule has 0 saturated heterocycles. The number of benzene rings is 1. The molecular formula is C19H25N5O2. The van der Waals surface area contributed by atoms with Gasteiger partial charge in [-0.25, -0.2) is 9.78 Å². The van der Waals surface area contributed by atoms with Crippen molar-refractivity contribution in [3.63, 3.8) is 0 Å². The van der Waals surface area contributed by atoms with Crippen LogP contribution in [0.1, 0.15) is 31.5 Å². The van der Waals surface area contributed by atoms with Crippen molar-refractivity contribution in [2.75, 3.05) is 5.32 Å². The number of aryl methyl sites for hydroxylation is 1. The topological polar surface area (TPSA) is 79.3 Å². The minimum atomic E-state index is -0.515. The number of rotatable bonds is 4. The second-order valence-corrected chi connectivity index (χ2v) is 6.76. The van der Waals surface area contributed by atoms with E-state index in [4.69, 9.17) is 0 Å². The standard InChI is InChI=1S/C19H25N5O2/c1-4-13(2)17-18(25)22-16-8-6-5-7-14(16)11-24(17)19(26)21-10-15-9-20-12-23(15)3/h5-9,12-13,17H,4,10-11H2,1-3H3,(H,21,26)(H,22,25). The molecule has 7 heteroatoms. The van der Waals surface area contributed by atoms with Gasteiger partial charge < -0.3 is 20.1 Å². The third kappa shape index (κ3) is 3.56. The molecule has 1 aliphatic rings. The molecule has 2 unspecified atom stereocenters. The smallest absolute Gasteiger partial charge is 0.318 e. The number of nitrogens with one attached hydrogen (secondary N) is 2. The molecule has 138 valence electrons. The third-order valence-electron chi connectivity index (χ3n) is 5.00. The molecule has 0 spiro atoms. The van der Waals surface area contributed by atoms with Crippen LogP contribution in [-0.2, 0) is 24.9 Å². The maximum atomic E-state index is 12.9. The van der Waals surface area contributed by atoms with Gasteiger partial charge in [0.2, 0.25) is 5.91 Å². The number of carbonyl (C=O) groups is 2. The molecule has 0 saturated carbocycles. The molecule has 0 fully saturated rings. The van der Waals surface area contributed by atoms with E-state index < -0.39 is 6.04 Å². The molecule has 1 aromatic carbocycles. The average Bonchev–Trinajstić information content (AvgIpc) is 2.97. The van der Waals surface area contributed by atoms with Crippen LogP contribution >= 0.6 is 0 Å². The summed E-state index contributed by atoms with van der Waals surface area (Å²) in [5.74, 6) is -0.0910. The first-order valence-electron chi connectivity index (χ1n) is 8.89. The number of para-hydroxylation sites is 1. The lowest BCUT2D eigenvalue weighted by Gasteiger charge is -2.32. The monoisotopic (exact) mass is 355 g/mol. The van der Waals surface area contributed by atoms with E-state index in [1.54, 1.807) is 17.4 Å². The Morgan fingerprint density at radius 1 is 1.42 bits per heavy atom. The number of anilines is 1. The highest BCUT2D eigenvalue weighted by molar-refractivity contribution is 5.98. The van der Waals surface area contributed by atoms with Crippen LogP contribution < -0.4 is 10.6 Å². The highest BCUT2D eigenvalue weighted by atomic mass is 16.2. The molecule has 2 atom stereocenters. The predicted octanol–water partition coefficient (Wildman–Crippen LogP) is 2.50. The molecular weight excluding hydrogens is 330 g/mol. The molecule has 26 heavy (non-hydrogen) atoms. The largest absolute Gasteiger partial charge is 0.336 e. The summed E-state index contributed by atoms with van der Waals surface area (Å²) in [5, 5.41) is 5.91. The van der Waals surface area contributed by atoms with Gasteiger partial charge in [-0.2, -0.15) is 0 Å². The zero-order chi connectivity index (χ0) is 18.7. The van der Waals surface area contributed by atoms with Crippen molar-refractivity contribution in [3.8, 4) is 0 Å². The highest BCUT2D eigenvalue weighted by Gasteiger charge is 2.36. The number of aromatic nitrogens is 2. The summed E-state index contributed by atoms with van der Waals surface area (Å²) in [6, 6.07) is 6.85. The number of fused-ring (bicyclic) bond motifs is 1. The average molecular weight is 355 g/mol. The number of imidazole rings is 1. The number of amides is 3. The van der Waals surface area contributed by atoms with Crippen LogP contribution in [0.15, 0.2) is 36.8 Å². The van der Waals surface area contributed by atoms with Crippen LogP contribution in [0.4, 0.5) is 10.5 Å². The summed E-state index contributed by atoms with van der Waals surface area (Å²) in [6.45, 7) is 4.78. The molecule has 3 amide bonds. The van der Waals surface area contributed by atoms with Gasteiger partial charge in [0, 0.05) is 18.9 Å². The van der Waals surface area contributed by atoms with Crippen LogP contribution in [0.3, 0.4) is 0 Å². The Morgan fingerprint density at radius 2 is 2.19 bits per heavy atom. The molecule has 1 aliphatic heterocycles. The van der Waals surface area contributed by atoms with Crippen LogP contribution in [0, 0.1) is 5.92 Å². The minimum absolute atomic E-state index is 0.0479. The summed E-state index contributed by atoms with van der Waals surface area (Å²) < 4.78 is 1.86. The van der Waals surface area contributed by atoms with Crippen molar-refractivity contribution in [2.24, 2.45) is 13.0 Å². The number of carbonyl (C=O) groups excluding carboxylic acids is 2. The molecule has 0 aliphatic carbocycles. The fraction of sp³-hybridized carbons (Fsp3) is 0.421. The second-order valence-electron chi connectivity index (χ2n) is 6.76. The summed E-state index contributed by atoms with van der Waals surface area (Å²) in [5.41, 5.74) is 2.60. The van der Waals surface area contributed by atoms with Crippen LogP contribution in [0.5, 0.6) is 0 Å². The van der Waals surface area contributed by atoms with Crippen LogP contribution in [0.25, 0.3) is 0 Å². The van der Waals surface area contributed by atoms with Gasteiger partial charge in [-0.15, -0.1) is 0 Å². The Bertz CT molecular complexity index is 801. The molecule has 7 nitrogen and oxygen atoms in total. The van der Waals surface area contributed by atoms with Gasteiger partial charge in [0.05, 0.1) is 25.1 Å². The normalized spacial score (nSPS) is 17.9. The molecule has 2 heterocycles. The fourth-order valence-corrected chi connectivity index (χ4v) is 3.22. The molecule has 0 bridgehead atoms. The first-order valence-corrected chi connectivity index (χ1v) is 8.89. The van der Waals surface area contributed by atoms with E-state index in [0.717, 1.165) is 23.4 Å². The Labute approximate surface area is 153 Å². The van der Waals surface area contributed by atoms with Gasteiger partial charge in [-0.1, -0.05) is 38.5 Å². The second kappa shape index (κ2) is 7.59. The predicted molar refractivity (Wildman–Crippen MR) is 99.3 cm³/mol. The lowest BCUT2D eigenvalue weighted by molar-refractivity contribution is -0.121. The van der Waals surface area contributed by atoms with E-state index >= 15 is 0 Å². The van der Waals surface area contributed by atoms with Gasteiger partial charge in [-0.3, -0.25) is 4.79 Å². The molecule has 1 aromatic heterocycles. The van der Waals surface area contributed by atoms with Crippen molar-refractivity contribution in [1.82, 2.24) is 19.8 Å². The summed E-state index contributed by atoms with van der Waals surface area (Å²) in [7, 11) is 1.88. The van der Waals surface area contributed by atoms with Crippen molar-refractivity contribution in [3.05, 3.63) is 48.0 Å². The SMILES string of the molecule is CCC(C)C1C(=O)Nc2ccccc2CN1C(=O)NCc1cncn1C. The van der Waals surface area contributed by atoms with Crippen molar-refractivity contribution < 1.29 is 9.59 Å². The first-order chi connectivity index (χ1) is 12.5. The van der Waals surface area contributed by atoms with Crippen molar-refractivity contribution >= 4 is 17.6 Å². The molecule has 2 aromatic rings. The lowest BCUT2D eigenvalue weighted by Crippen LogP contribution is -2.52. The van der Waals surface area contributed by atoms with E-state index in [2.05, 4.69) is 15.6 Å². The van der Waals surface area contributed by atoms with E-state index in [1.165, 1.54) is 0 Å². The Kier molecular flexibility index (Phi) is 5.25. The van der Waals surface area contributed by atoms with E-state index in [0.29, 0.717) is 13.1 Å². The molecule has 2 N–H and O–H groups in total. The van der Waals surface area contributed by atoms with Crippen molar-refractivity contribution in [1.29, 1.82) is 0 Å². The van der Waals surface area contributed by atoms with Gasteiger partial charge in [-0.05, 0) is 17.5 Å². The van der Waals surface area contributed by atoms with Gasteiger partial charge >= 0.3 is 6.03 Å². The number of hydrogen-bond acceptors (Lipinski definition) is 3. The number of urea groups is 1. The number of hydrogen-bond donors (Lipinski definition) is 2. The van der Waals surface area contributed by atoms with Gasteiger partial charge in [0.15, 0.2) is 0 Å². The Morgan fingerprint density at radius 3 is 2.88 bits per heavy atom. The lowest BCUT2D eigenvalue weighted by atomic mass is 9.97. The first kappa shape index (κ1) is 18.0. The van der Waals surface area contributed by atoms with E-state index in [1.807, 2.05) is 49.7 Å². The van der Waals surface area contributed by atoms with Crippen LogP contribution in [-0.4, -0.2) is 32.4 Å². The quantitative estimate of drug-likeness (QED) is 0.884. The van der Waals surface area contributed by atoms with E-state index in [-0.39, 0.29) is 17.9 Å². The molecule has 0 radical (unpaired) electrons. The maximum absolute atomic E-state index is 12.9. The third-order valence-corrected chi connectivity index (χ3v) is 5.00. The fourth-order valence-electron chi connectivity index (χ4n) is 3.22. The summed E-state index contributed by atoms with van der Waals surface area (Å²) >= 11 is 0. The molecule has 3 rings (SSSR count). The van der Waals surface area contributed by atoms with Gasteiger partial charge in [0.1, 0.15) is 6.04 Å². The van der Waals surface area contributed by atoms with E-state index in [9.17, 15) is 9.59 Å². The zero-order valence-corrected chi connectivity index (χ0v) is 15.4. The maximum Gasteiger partial charge on any atom is 0.318 e. The number of nitrogens with zero attached hydrogens (tertiary/aromatic N) is 3.